The quantitative estimate of drug-likeness (QED) is 0.811. The fraction of sp³-hybridized carbons (Fsp3) is 0.647. The molecule has 0 aromatic heterocycles. The molecule has 0 bridgehead atoms. The summed E-state index contributed by atoms with van der Waals surface area (Å²) in [6.45, 7) is 7.00. The first kappa shape index (κ1) is 13.6. The smallest absolute Gasteiger partial charge is 0.0327 e. The zero-order valence-electron chi connectivity index (χ0n) is 12.1. The maximum atomic E-state index is 3.89. The Labute approximate surface area is 112 Å². The lowest BCUT2D eigenvalue weighted by Crippen LogP contribution is -2.33. The lowest BCUT2D eigenvalue weighted by molar-refractivity contribution is 0.293. The van der Waals surface area contributed by atoms with Crippen LogP contribution < -0.4 is 5.32 Å². The van der Waals surface area contributed by atoms with Crippen molar-refractivity contribution in [2.24, 2.45) is 5.41 Å². The van der Waals surface area contributed by atoms with Crippen molar-refractivity contribution in [1.82, 2.24) is 5.32 Å². The summed E-state index contributed by atoms with van der Waals surface area (Å²) in [5.74, 6) is 0. The highest BCUT2D eigenvalue weighted by atomic mass is 15.0. The van der Waals surface area contributed by atoms with Gasteiger partial charge in [0.25, 0.3) is 0 Å². The normalized spacial score (nSPS) is 19.1. The van der Waals surface area contributed by atoms with Gasteiger partial charge in [0.05, 0.1) is 0 Å². The molecule has 1 unspecified atom stereocenters. The third-order valence-corrected chi connectivity index (χ3v) is 3.81. The van der Waals surface area contributed by atoms with Gasteiger partial charge in [-0.1, -0.05) is 63.9 Å². The molecule has 1 fully saturated rings. The predicted molar refractivity (Wildman–Crippen MR) is 78.6 cm³/mol. The molecule has 0 amide bonds. The first-order chi connectivity index (χ1) is 8.54. The summed E-state index contributed by atoms with van der Waals surface area (Å²) in [6.07, 6.45) is 6.71. The van der Waals surface area contributed by atoms with Crippen molar-refractivity contribution in [3.63, 3.8) is 0 Å². The van der Waals surface area contributed by atoms with Gasteiger partial charge in [-0.05, 0) is 30.2 Å². The zero-order valence-corrected chi connectivity index (χ0v) is 12.1. The van der Waals surface area contributed by atoms with E-state index in [0.29, 0.717) is 11.5 Å². The van der Waals surface area contributed by atoms with Crippen molar-refractivity contribution in [3.05, 3.63) is 35.9 Å². The second-order valence-corrected chi connectivity index (χ2v) is 6.88. The summed E-state index contributed by atoms with van der Waals surface area (Å²) in [7, 11) is 0. The maximum absolute atomic E-state index is 3.89. The first-order valence-corrected chi connectivity index (χ1v) is 7.36. The molecule has 1 atom stereocenters. The van der Waals surface area contributed by atoms with Gasteiger partial charge in [-0.2, -0.15) is 0 Å². The molecule has 1 nitrogen and oxygen atoms in total. The van der Waals surface area contributed by atoms with Gasteiger partial charge in [-0.15, -0.1) is 0 Å². The number of hydrogen-bond donors (Lipinski definition) is 1. The fourth-order valence-corrected chi connectivity index (χ4v) is 2.95. The van der Waals surface area contributed by atoms with Crippen LogP contribution >= 0.6 is 0 Å². The van der Waals surface area contributed by atoms with Crippen LogP contribution in [0.15, 0.2) is 30.3 Å². The van der Waals surface area contributed by atoms with E-state index in [1.54, 1.807) is 0 Å². The standard InChI is InChI=1S/C17H27N/c1-17(2,3)13-16(14-9-5-4-6-10-14)18-15-11-7-8-12-15/h4-6,9-10,15-16,18H,7-8,11-13H2,1-3H3. The minimum atomic E-state index is 0.367. The van der Waals surface area contributed by atoms with Crippen molar-refractivity contribution in [2.45, 2.75) is 65.0 Å². The van der Waals surface area contributed by atoms with Crippen molar-refractivity contribution < 1.29 is 0 Å². The van der Waals surface area contributed by atoms with E-state index in [2.05, 4.69) is 56.4 Å². The summed E-state index contributed by atoms with van der Waals surface area (Å²) >= 11 is 0. The minimum absolute atomic E-state index is 0.367. The van der Waals surface area contributed by atoms with Gasteiger partial charge < -0.3 is 5.32 Å². The molecule has 18 heavy (non-hydrogen) atoms. The van der Waals surface area contributed by atoms with Crippen LogP contribution in [0.2, 0.25) is 0 Å². The van der Waals surface area contributed by atoms with Gasteiger partial charge in [0.15, 0.2) is 0 Å². The lowest BCUT2D eigenvalue weighted by atomic mass is 9.85. The average Bonchev–Trinajstić information content (AvgIpc) is 2.80. The van der Waals surface area contributed by atoms with E-state index in [1.165, 1.54) is 37.7 Å². The second-order valence-electron chi connectivity index (χ2n) is 6.88. The van der Waals surface area contributed by atoms with Gasteiger partial charge in [0.2, 0.25) is 0 Å². The van der Waals surface area contributed by atoms with Crippen LogP contribution in [0.25, 0.3) is 0 Å². The van der Waals surface area contributed by atoms with Gasteiger partial charge >= 0.3 is 0 Å². The van der Waals surface area contributed by atoms with Crippen molar-refractivity contribution >= 4 is 0 Å². The molecule has 1 aliphatic rings. The van der Waals surface area contributed by atoms with Gasteiger partial charge in [0, 0.05) is 12.1 Å². The van der Waals surface area contributed by atoms with Crippen LogP contribution in [-0.2, 0) is 0 Å². The van der Waals surface area contributed by atoms with Crippen molar-refractivity contribution in [3.8, 4) is 0 Å². The van der Waals surface area contributed by atoms with Crippen LogP contribution in [0.1, 0.15) is 64.5 Å². The topological polar surface area (TPSA) is 12.0 Å². The third kappa shape index (κ3) is 4.13. The molecule has 2 rings (SSSR count). The Balaban J connectivity index is 2.07. The molecule has 1 saturated carbocycles. The Hall–Kier alpha value is -0.820. The van der Waals surface area contributed by atoms with Crippen LogP contribution in [0.3, 0.4) is 0 Å². The Bertz CT molecular complexity index is 344. The third-order valence-electron chi connectivity index (χ3n) is 3.81. The van der Waals surface area contributed by atoms with E-state index in [4.69, 9.17) is 0 Å². The fourth-order valence-electron chi connectivity index (χ4n) is 2.95. The molecule has 1 N–H and O–H groups in total. The Morgan fingerprint density at radius 3 is 2.28 bits per heavy atom. The Kier molecular flexibility index (Phi) is 4.45. The molecule has 0 heterocycles. The minimum Gasteiger partial charge on any atom is -0.307 e. The Morgan fingerprint density at radius 2 is 1.72 bits per heavy atom. The molecule has 0 spiro atoms. The maximum Gasteiger partial charge on any atom is 0.0327 e. The summed E-state index contributed by atoms with van der Waals surface area (Å²) in [4.78, 5) is 0. The largest absolute Gasteiger partial charge is 0.307 e. The highest BCUT2D eigenvalue weighted by Crippen LogP contribution is 2.31. The molecule has 0 radical (unpaired) electrons. The zero-order chi connectivity index (χ0) is 13.0. The molecule has 1 aromatic rings. The van der Waals surface area contributed by atoms with Crippen LogP contribution in [0.5, 0.6) is 0 Å². The molecule has 0 aliphatic heterocycles. The summed E-state index contributed by atoms with van der Waals surface area (Å²) in [5.41, 5.74) is 1.81. The van der Waals surface area contributed by atoms with Crippen LogP contribution in [0, 0.1) is 5.41 Å². The average molecular weight is 245 g/mol. The first-order valence-electron chi connectivity index (χ1n) is 7.36. The SMILES string of the molecule is CC(C)(C)CC(NC1CCCC1)c1ccccc1. The highest BCUT2D eigenvalue weighted by Gasteiger charge is 2.24. The van der Waals surface area contributed by atoms with Gasteiger partial charge in [0.1, 0.15) is 0 Å². The second kappa shape index (κ2) is 5.88. The van der Waals surface area contributed by atoms with Gasteiger partial charge in [-0.3, -0.25) is 0 Å². The van der Waals surface area contributed by atoms with E-state index in [1.807, 2.05) is 0 Å². The monoisotopic (exact) mass is 245 g/mol. The van der Waals surface area contributed by atoms with Crippen LogP contribution in [0.4, 0.5) is 0 Å². The number of benzene rings is 1. The van der Waals surface area contributed by atoms with E-state index in [0.717, 1.165) is 6.04 Å². The number of hydrogen-bond acceptors (Lipinski definition) is 1. The van der Waals surface area contributed by atoms with E-state index < -0.39 is 0 Å². The molecular formula is C17H27N. The Morgan fingerprint density at radius 1 is 1.11 bits per heavy atom. The molecule has 1 aromatic carbocycles. The van der Waals surface area contributed by atoms with Gasteiger partial charge in [-0.25, -0.2) is 0 Å². The lowest BCUT2D eigenvalue weighted by Gasteiger charge is -2.29. The summed E-state index contributed by atoms with van der Waals surface area (Å²) in [6, 6.07) is 12.2. The van der Waals surface area contributed by atoms with Crippen molar-refractivity contribution in [1.29, 1.82) is 0 Å². The molecule has 100 valence electrons. The molecular weight excluding hydrogens is 218 g/mol. The predicted octanol–water partition coefficient (Wildman–Crippen LogP) is 4.70. The summed E-state index contributed by atoms with van der Waals surface area (Å²) in [5, 5.41) is 3.89. The van der Waals surface area contributed by atoms with E-state index in [-0.39, 0.29) is 0 Å². The molecule has 0 saturated heterocycles. The number of rotatable bonds is 4. The number of nitrogens with one attached hydrogen (secondary N) is 1. The molecule has 1 heteroatoms. The summed E-state index contributed by atoms with van der Waals surface area (Å²) < 4.78 is 0. The van der Waals surface area contributed by atoms with Crippen LogP contribution in [-0.4, -0.2) is 6.04 Å². The highest BCUT2D eigenvalue weighted by molar-refractivity contribution is 5.19. The van der Waals surface area contributed by atoms with E-state index >= 15 is 0 Å². The van der Waals surface area contributed by atoms with Crippen molar-refractivity contribution in [2.75, 3.05) is 0 Å². The van der Waals surface area contributed by atoms with E-state index in [9.17, 15) is 0 Å². The molecule has 1 aliphatic carbocycles.